The van der Waals surface area contributed by atoms with E-state index in [1.807, 2.05) is 0 Å². The van der Waals surface area contributed by atoms with Crippen molar-refractivity contribution >= 4 is 0 Å². The molecule has 0 unspecified atom stereocenters. The Morgan fingerprint density at radius 2 is 1.14 bits per heavy atom. The minimum absolute atomic E-state index is 0. The van der Waals surface area contributed by atoms with Crippen LogP contribution in [-0.2, 0) is 17.1 Å². The summed E-state index contributed by atoms with van der Waals surface area (Å²) in [5.41, 5.74) is 10.3. The second-order valence-electron chi connectivity index (χ2n) is 1.28. The van der Waals surface area contributed by atoms with Gasteiger partial charge in [-0.3, -0.25) is 0 Å². The van der Waals surface area contributed by atoms with Gasteiger partial charge >= 0.3 is 0 Å². The first-order chi connectivity index (χ1) is 2.91. The Bertz CT molecular complexity index is 21.7. The van der Waals surface area contributed by atoms with E-state index >= 15 is 0 Å². The molecule has 0 aromatic heterocycles. The van der Waals surface area contributed by atoms with E-state index in [-0.39, 0.29) is 17.1 Å². The fraction of sp³-hybridized carbons (Fsp3) is 1.00. The maximum absolute atomic E-state index is 5.16. The molecule has 0 saturated heterocycles. The van der Waals surface area contributed by atoms with Gasteiger partial charge in [0.2, 0.25) is 0 Å². The van der Waals surface area contributed by atoms with Crippen molar-refractivity contribution in [2.45, 2.75) is 12.8 Å². The zero-order chi connectivity index (χ0) is 4.83. The number of hydrogen-bond acceptors (Lipinski definition) is 2. The van der Waals surface area contributed by atoms with E-state index in [1.54, 1.807) is 0 Å². The average molecular weight is 144 g/mol. The van der Waals surface area contributed by atoms with E-state index in [4.69, 9.17) is 11.5 Å². The monoisotopic (exact) mass is 144 g/mol. The predicted molar refractivity (Wildman–Crippen MR) is 27.3 cm³/mol. The molecule has 0 amide bonds. The Morgan fingerprint density at radius 1 is 0.857 bits per heavy atom. The van der Waals surface area contributed by atoms with Crippen LogP contribution < -0.4 is 11.5 Å². The van der Waals surface area contributed by atoms with Gasteiger partial charge in [0.05, 0.1) is 0 Å². The van der Waals surface area contributed by atoms with Crippen molar-refractivity contribution in [3.8, 4) is 0 Å². The Kier molecular flexibility index (Phi) is 14.4. The molecule has 0 saturated carbocycles. The summed E-state index contributed by atoms with van der Waals surface area (Å²) < 4.78 is 0. The third-order valence-corrected chi connectivity index (χ3v) is 0.658. The average Bonchev–Trinajstić information content (AvgIpc) is 1.61. The largest absolute Gasteiger partial charge is 0.330 e. The topological polar surface area (TPSA) is 52.0 Å². The molecule has 0 aromatic carbocycles. The summed E-state index contributed by atoms with van der Waals surface area (Å²) in [7, 11) is 0. The molecule has 0 rings (SSSR count). The molecule has 0 spiro atoms. The van der Waals surface area contributed by atoms with Gasteiger partial charge in [0.15, 0.2) is 0 Å². The summed E-state index contributed by atoms with van der Waals surface area (Å²) in [6.45, 7) is 1.55. The molecule has 0 aliphatic rings. The fourth-order valence-electron chi connectivity index (χ4n) is 0.289. The van der Waals surface area contributed by atoms with Crippen LogP contribution in [0.4, 0.5) is 0 Å². The third kappa shape index (κ3) is 10.7. The summed E-state index contributed by atoms with van der Waals surface area (Å²) in [6, 6.07) is 0. The molecule has 4 N–H and O–H groups in total. The molecule has 0 bridgehead atoms. The van der Waals surface area contributed by atoms with Crippen molar-refractivity contribution in [2.75, 3.05) is 13.1 Å². The Hall–Kier alpha value is 0.439. The molecule has 7 heavy (non-hydrogen) atoms. The summed E-state index contributed by atoms with van der Waals surface area (Å²) in [5, 5.41) is 0. The van der Waals surface area contributed by atoms with Crippen molar-refractivity contribution in [1.82, 2.24) is 0 Å². The van der Waals surface area contributed by atoms with Gasteiger partial charge in [-0.15, -0.1) is 0 Å². The first-order valence-electron chi connectivity index (χ1n) is 2.32. The zero-order valence-corrected chi connectivity index (χ0v) is 5.44. The molecule has 46 valence electrons. The van der Waals surface area contributed by atoms with Crippen molar-refractivity contribution in [3.05, 3.63) is 0 Å². The molecular formula is C4H12FeN2. The van der Waals surface area contributed by atoms with Crippen LogP contribution in [0.2, 0.25) is 0 Å². The van der Waals surface area contributed by atoms with Gasteiger partial charge in [-0.25, -0.2) is 0 Å². The molecule has 0 atom stereocenters. The van der Waals surface area contributed by atoms with Gasteiger partial charge in [-0.1, -0.05) is 0 Å². The minimum Gasteiger partial charge on any atom is -0.330 e. The van der Waals surface area contributed by atoms with Gasteiger partial charge in [-0.05, 0) is 25.9 Å². The Morgan fingerprint density at radius 3 is 1.29 bits per heavy atom. The van der Waals surface area contributed by atoms with Crippen LogP contribution in [0, 0.1) is 0 Å². The van der Waals surface area contributed by atoms with E-state index in [0.29, 0.717) is 0 Å². The van der Waals surface area contributed by atoms with Crippen molar-refractivity contribution in [3.63, 3.8) is 0 Å². The molecule has 2 nitrogen and oxygen atoms in total. The van der Waals surface area contributed by atoms with Gasteiger partial charge < -0.3 is 11.5 Å². The van der Waals surface area contributed by atoms with Crippen LogP contribution in [0.25, 0.3) is 0 Å². The maximum atomic E-state index is 5.16. The van der Waals surface area contributed by atoms with Crippen molar-refractivity contribution in [1.29, 1.82) is 0 Å². The summed E-state index contributed by atoms with van der Waals surface area (Å²) in [4.78, 5) is 0. The number of nitrogens with two attached hydrogens (primary N) is 2. The summed E-state index contributed by atoms with van der Waals surface area (Å²) in [6.07, 6.45) is 2.13. The van der Waals surface area contributed by atoms with E-state index < -0.39 is 0 Å². The molecule has 0 heterocycles. The Labute approximate surface area is 55.1 Å². The number of hydrogen-bond donors (Lipinski definition) is 2. The quantitative estimate of drug-likeness (QED) is 0.421. The Balaban J connectivity index is 0. The van der Waals surface area contributed by atoms with Crippen LogP contribution in [0.5, 0.6) is 0 Å². The SMILES string of the molecule is NCCCCN.[Fe]. The molecule has 3 heteroatoms. The fourth-order valence-corrected chi connectivity index (χ4v) is 0.289. The standard InChI is InChI=1S/C4H12N2.Fe/c5-3-1-2-4-6;/h1-6H2;. The van der Waals surface area contributed by atoms with Gasteiger partial charge in [0.25, 0.3) is 0 Å². The normalized spacial score (nSPS) is 7.71. The van der Waals surface area contributed by atoms with Crippen LogP contribution in [0.1, 0.15) is 12.8 Å². The van der Waals surface area contributed by atoms with Crippen LogP contribution in [0.3, 0.4) is 0 Å². The maximum Gasteiger partial charge on any atom is 0 e. The van der Waals surface area contributed by atoms with Gasteiger partial charge in [0.1, 0.15) is 0 Å². The number of rotatable bonds is 3. The molecule has 0 radical (unpaired) electrons. The van der Waals surface area contributed by atoms with Crippen molar-refractivity contribution < 1.29 is 17.1 Å². The van der Waals surface area contributed by atoms with E-state index in [1.165, 1.54) is 0 Å². The van der Waals surface area contributed by atoms with E-state index in [0.717, 1.165) is 25.9 Å². The van der Waals surface area contributed by atoms with Gasteiger partial charge in [-0.2, -0.15) is 0 Å². The number of unbranched alkanes of at least 4 members (excludes halogenated alkanes) is 1. The summed E-state index contributed by atoms with van der Waals surface area (Å²) >= 11 is 0. The predicted octanol–water partition coefficient (Wildman–Crippen LogP) is -0.318. The van der Waals surface area contributed by atoms with E-state index in [9.17, 15) is 0 Å². The van der Waals surface area contributed by atoms with Crippen LogP contribution in [-0.4, -0.2) is 13.1 Å². The van der Waals surface area contributed by atoms with Crippen LogP contribution in [0.15, 0.2) is 0 Å². The third-order valence-electron chi connectivity index (χ3n) is 0.658. The second-order valence-corrected chi connectivity index (χ2v) is 1.28. The molecule has 0 fully saturated rings. The van der Waals surface area contributed by atoms with E-state index in [2.05, 4.69) is 0 Å². The molecule has 0 aliphatic carbocycles. The molecular weight excluding hydrogens is 132 g/mol. The first-order valence-corrected chi connectivity index (χ1v) is 2.32. The first kappa shape index (κ1) is 10.4. The van der Waals surface area contributed by atoms with Crippen molar-refractivity contribution in [2.24, 2.45) is 11.5 Å². The smallest absolute Gasteiger partial charge is 0 e. The molecule has 0 aliphatic heterocycles. The minimum atomic E-state index is 0. The zero-order valence-electron chi connectivity index (χ0n) is 4.34. The second kappa shape index (κ2) is 9.67. The summed E-state index contributed by atoms with van der Waals surface area (Å²) in [5.74, 6) is 0. The molecule has 0 aromatic rings. The van der Waals surface area contributed by atoms with Crippen LogP contribution >= 0.6 is 0 Å². The van der Waals surface area contributed by atoms with Gasteiger partial charge in [0, 0.05) is 17.1 Å².